The van der Waals surface area contributed by atoms with Crippen LogP contribution in [0.15, 0.2) is 71.9 Å². The fourth-order valence-electron chi connectivity index (χ4n) is 2.85. The first-order valence-electron chi connectivity index (χ1n) is 9.15. The van der Waals surface area contributed by atoms with E-state index in [1.54, 1.807) is 36.5 Å². The average Bonchev–Trinajstić information content (AvgIpc) is 3.22. The Labute approximate surface area is 181 Å². The number of para-hydroxylation sites is 1. The van der Waals surface area contributed by atoms with Crippen LogP contribution in [0.25, 0.3) is 10.2 Å². The van der Waals surface area contributed by atoms with Gasteiger partial charge in [0.15, 0.2) is 5.13 Å². The number of amides is 1. The zero-order valence-electron chi connectivity index (χ0n) is 16.1. The maximum absolute atomic E-state index is 14.1. The van der Waals surface area contributed by atoms with Crippen LogP contribution in [-0.4, -0.2) is 28.7 Å². The van der Waals surface area contributed by atoms with Gasteiger partial charge in [0.1, 0.15) is 17.1 Å². The van der Waals surface area contributed by atoms with Crippen molar-refractivity contribution < 1.29 is 13.9 Å². The van der Waals surface area contributed by atoms with E-state index in [4.69, 9.17) is 4.74 Å². The van der Waals surface area contributed by atoms with E-state index in [0.717, 1.165) is 16.2 Å². The molecule has 4 rings (SSSR count). The van der Waals surface area contributed by atoms with Crippen molar-refractivity contribution in [2.75, 3.05) is 17.8 Å². The van der Waals surface area contributed by atoms with Crippen LogP contribution < -0.4 is 9.64 Å². The van der Waals surface area contributed by atoms with Gasteiger partial charge in [-0.25, -0.2) is 9.37 Å². The van der Waals surface area contributed by atoms with Crippen molar-refractivity contribution in [1.82, 2.24) is 9.97 Å². The third kappa shape index (κ3) is 4.60. The van der Waals surface area contributed by atoms with Gasteiger partial charge in [0.2, 0.25) is 5.91 Å². The highest BCUT2D eigenvalue weighted by atomic mass is 32.2. The predicted molar refractivity (Wildman–Crippen MR) is 119 cm³/mol. The van der Waals surface area contributed by atoms with Crippen LogP contribution in [0.4, 0.5) is 9.52 Å². The molecule has 0 bridgehead atoms. The highest BCUT2D eigenvalue weighted by molar-refractivity contribution is 8.00. The van der Waals surface area contributed by atoms with Crippen molar-refractivity contribution in [2.24, 2.45) is 0 Å². The van der Waals surface area contributed by atoms with Gasteiger partial charge in [-0.3, -0.25) is 14.7 Å². The number of hydrogen-bond donors (Lipinski definition) is 0. The quantitative estimate of drug-likeness (QED) is 0.372. The molecule has 8 heteroatoms. The summed E-state index contributed by atoms with van der Waals surface area (Å²) in [6, 6.07) is 16.1. The monoisotopic (exact) mass is 439 g/mol. The van der Waals surface area contributed by atoms with Gasteiger partial charge < -0.3 is 4.74 Å². The topological polar surface area (TPSA) is 55.3 Å². The summed E-state index contributed by atoms with van der Waals surface area (Å²) in [4.78, 5) is 24.2. The molecule has 0 saturated carbocycles. The van der Waals surface area contributed by atoms with E-state index in [-0.39, 0.29) is 23.0 Å². The number of nitrogens with zero attached hydrogens (tertiary/aromatic N) is 3. The largest absolute Gasteiger partial charge is 0.497 e. The number of hydrogen-bond acceptors (Lipinski definition) is 6. The lowest BCUT2D eigenvalue weighted by atomic mass is 10.2. The van der Waals surface area contributed by atoms with Crippen molar-refractivity contribution in [3.8, 4) is 5.75 Å². The van der Waals surface area contributed by atoms with Crippen LogP contribution in [0.1, 0.15) is 5.56 Å². The number of thiazole rings is 1. The molecule has 0 atom stereocenters. The third-order valence-corrected chi connectivity index (χ3v) is 6.44. The maximum atomic E-state index is 14.1. The predicted octanol–water partition coefficient (Wildman–Crippen LogP) is 5.16. The van der Waals surface area contributed by atoms with E-state index in [1.165, 1.54) is 29.2 Å². The van der Waals surface area contributed by atoms with Crippen molar-refractivity contribution in [3.05, 3.63) is 78.4 Å². The van der Waals surface area contributed by atoms with Crippen molar-refractivity contribution >= 4 is 44.4 Å². The summed E-state index contributed by atoms with van der Waals surface area (Å²) in [5.74, 6) is 0.503. The molecule has 2 aromatic heterocycles. The lowest BCUT2D eigenvalue weighted by Gasteiger charge is -2.20. The normalized spacial score (nSPS) is 10.9. The summed E-state index contributed by atoms with van der Waals surface area (Å²) in [6.07, 6.45) is 3.37. The second-order valence-corrected chi connectivity index (χ2v) is 8.44. The number of ether oxygens (including phenoxy) is 1. The Morgan fingerprint density at radius 2 is 1.90 bits per heavy atom. The van der Waals surface area contributed by atoms with Gasteiger partial charge in [-0.1, -0.05) is 17.4 Å². The number of rotatable bonds is 7. The molecule has 0 aliphatic carbocycles. The summed E-state index contributed by atoms with van der Waals surface area (Å²) >= 11 is 2.74. The van der Waals surface area contributed by atoms with Crippen LogP contribution in [0.5, 0.6) is 5.75 Å². The number of anilines is 1. The molecule has 30 heavy (non-hydrogen) atoms. The number of carbonyl (C=O) groups excluding carboxylic acids is 1. The second kappa shape index (κ2) is 9.23. The van der Waals surface area contributed by atoms with E-state index < -0.39 is 0 Å². The van der Waals surface area contributed by atoms with Crippen LogP contribution in [0, 0.1) is 5.82 Å². The minimum atomic E-state index is -0.390. The van der Waals surface area contributed by atoms with Crippen LogP contribution >= 0.6 is 23.1 Å². The molecular formula is C22H18FN3O2S2. The molecule has 4 aromatic rings. The van der Waals surface area contributed by atoms with Gasteiger partial charge in [-0.05, 0) is 54.1 Å². The van der Waals surface area contributed by atoms with Gasteiger partial charge in [0.25, 0.3) is 0 Å². The molecule has 5 nitrogen and oxygen atoms in total. The zero-order valence-corrected chi connectivity index (χ0v) is 17.8. The fourth-order valence-corrected chi connectivity index (χ4v) is 4.62. The Kier molecular flexibility index (Phi) is 6.25. The van der Waals surface area contributed by atoms with Crippen LogP contribution in [0.2, 0.25) is 0 Å². The first-order chi connectivity index (χ1) is 14.6. The van der Waals surface area contributed by atoms with Gasteiger partial charge in [0.05, 0.1) is 24.1 Å². The highest BCUT2D eigenvalue weighted by Gasteiger charge is 2.21. The van der Waals surface area contributed by atoms with Crippen molar-refractivity contribution in [1.29, 1.82) is 0 Å². The molecule has 0 unspecified atom stereocenters. The smallest absolute Gasteiger partial charge is 0.239 e. The lowest BCUT2D eigenvalue weighted by Crippen LogP contribution is -2.31. The zero-order chi connectivity index (χ0) is 20.9. The summed E-state index contributed by atoms with van der Waals surface area (Å²) in [5.41, 5.74) is 1.21. The minimum absolute atomic E-state index is 0.105. The standard InChI is InChI=1S/C22H18FN3O2S2/c1-28-16-5-7-17(8-6-16)29-14-20(27)26(13-15-9-11-24-12-10-15)22-25-21-18(23)3-2-4-19(21)30-22/h2-12H,13-14H2,1H3. The molecular weight excluding hydrogens is 421 g/mol. The number of halogens is 1. The highest BCUT2D eigenvalue weighted by Crippen LogP contribution is 2.32. The molecule has 0 N–H and O–H groups in total. The van der Waals surface area contributed by atoms with Gasteiger partial charge in [-0.2, -0.15) is 0 Å². The number of aromatic nitrogens is 2. The first kappa shape index (κ1) is 20.3. The third-order valence-electron chi connectivity index (χ3n) is 4.40. The number of carbonyl (C=O) groups is 1. The Morgan fingerprint density at radius 3 is 2.60 bits per heavy atom. The lowest BCUT2D eigenvalue weighted by molar-refractivity contribution is -0.116. The SMILES string of the molecule is COc1ccc(SCC(=O)N(Cc2ccncc2)c2nc3c(F)cccc3s2)cc1. The van der Waals surface area contributed by atoms with Gasteiger partial charge >= 0.3 is 0 Å². The fraction of sp³-hybridized carbons (Fsp3) is 0.136. The molecule has 0 fully saturated rings. The van der Waals surface area contributed by atoms with Gasteiger partial charge in [0, 0.05) is 17.3 Å². The molecule has 2 heterocycles. The molecule has 0 aliphatic heterocycles. The molecule has 0 spiro atoms. The first-order valence-corrected chi connectivity index (χ1v) is 11.0. The van der Waals surface area contributed by atoms with E-state index >= 15 is 0 Å². The number of benzene rings is 2. The Hall–Kier alpha value is -2.97. The maximum Gasteiger partial charge on any atom is 0.239 e. The molecule has 0 aliphatic rings. The summed E-state index contributed by atoms with van der Waals surface area (Å²) in [6.45, 7) is 0.339. The molecule has 2 aromatic carbocycles. The number of methoxy groups -OCH3 is 1. The van der Waals surface area contributed by atoms with Gasteiger partial charge in [-0.15, -0.1) is 11.8 Å². The molecule has 0 radical (unpaired) electrons. The van der Waals surface area contributed by atoms with E-state index in [0.29, 0.717) is 16.4 Å². The van der Waals surface area contributed by atoms with Crippen LogP contribution in [0.3, 0.4) is 0 Å². The second-order valence-electron chi connectivity index (χ2n) is 6.38. The van der Waals surface area contributed by atoms with E-state index in [2.05, 4.69) is 9.97 Å². The summed E-state index contributed by atoms with van der Waals surface area (Å²) < 4.78 is 20.0. The summed E-state index contributed by atoms with van der Waals surface area (Å²) in [5, 5.41) is 0.479. The van der Waals surface area contributed by atoms with Crippen molar-refractivity contribution in [2.45, 2.75) is 11.4 Å². The number of fused-ring (bicyclic) bond motifs is 1. The molecule has 152 valence electrons. The Morgan fingerprint density at radius 1 is 1.13 bits per heavy atom. The van der Waals surface area contributed by atoms with E-state index in [1.807, 2.05) is 36.4 Å². The molecule has 1 amide bonds. The summed E-state index contributed by atoms with van der Waals surface area (Å²) in [7, 11) is 1.61. The minimum Gasteiger partial charge on any atom is -0.497 e. The Bertz CT molecular complexity index is 1150. The van der Waals surface area contributed by atoms with Crippen molar-refractivity contribution in [3.63, 3.8) is 0 Å². The molecule has 0 saturated heterocycles. The average molecular weight is 440 g/mol. The number of pyridine rings is 1. The number of thioether (sulfide) groups is 1. The van der Waals surface area contributed by atoms with E-state index in [9.17, 15) is 9.18 Å². The Balaban J connectivity index is 1.58. The van der Waals surface area contributed by atoms with Crippen LogP contribution in [-0.2, 0) is 11.3 Å².